The Hall–Kier alpha value is -1.36. The summed E-state index contributed by atoms with van der Waals surface area (Å²) in [4.78, 5) is 12.0. The molecule has 100 valence electrons. The van der Waals surface area contributed by atoms with Crippen LogP contribution in [0.3, 0.4) is 0 Å². The number of nitrogens with two attached hydrogens (primary N) is 1. The number of rotatable bonds is 6. The van der Waals surface area contributed by atoms with Gasteiger partial charge in [-0.3, -0.25) is 9.48 Å². The summed E-state index contributed by atoms with van der Waals surface area (Å²) in [6, 6.07) is 0. The molecule has 0 unspecified atom stereocenters. The van der Waals surface area contributed by atoms with Gasteiger partial charge in [-0.25, -0.2) is 0 Å². The minimum absolute atomic E-state index is 0.00148. The van der Waals surface area contributed by atoms with E-state index in [1.807, 2.05) is 11.6 Å². The van der Waals surface area contributed by atoms with Crippen molar-refractivity contribution in [3.63, 3.8) is 0 Å². The summed E-state index contributed by atoms with van der Waals surface area (Å²) in [6.45, 7) is 4.15. The van der Waals surface area contributed by atoms with Gasteiger partial charge in [0.15, 0.2) is 0 Å². The molecule has 1 saturated carbocycles. The van der Waals surface area contributed by atoms with Crippen LogP contribution in [0.5, 0.6) is 0 Å². The standard InChI is InChI=1S/C13H22N4O/c1-10-12(9-16-17(10)7-3-6-14)13(18)15-8-11-4-2-5-11/h9,11H,2-8,14H2,1H3,(H,15,18). The SMILES string of the molecule is Cc1c(C(=O)NCC2CCC2)cnn1CCCN. The van der Waals surface area contributed by atoms with Crippen molar-refractivity contribution >= 4 is 5.91 Å². The van der Waals surface area contributed by atoms with Crippen LogP contribution in [0.4, 0.5) is 0 Å². The average molecular weight is 250 g/mol. The second-order valence-electron chi connectivity index (χ2n) is 5.02. The van der Waals surface area contributed by atoms with Crippen LogP contribution < -0.4 is 11.1 Å². The molecule has 2 rings (SSSR count). The van der Waals surface area contributed by atoms with Gasteiger partial charge in [-0.1, -0.05) is 6.42 Å². The first-order valence-corrected chi connectivity index (χ1v) is 6.73. The molecule has 1 aromatic rings. The summed E-state index contributed by atoms with van der Waals surface area (Å²) in [5.74, 6) is 0.680. The second kappa shape index (κ2) is 6.00. The second-order valence-corrected chi connectivity index (χ2v) is 5.02. The van der Waals surface area contributed by atoms with E-state index >= 15 is 0 Å². The van der Waals surface area contributed by atoms with Gasteiger partial charge in [0, 0.05) is 18.8 Å². The van der Waals surface area contributed by atoms with Gasteiger partial charge < -0.3 is 11.1 Å². The molecule has 5 nitrogen and oxygen atoms in total. The molecule has 1 aliphatic rings. The van der Waals surface area contributed by atoms with Crippen LogP contribution >= 0.6 is 0 Å². The van der Waals surface area contributed by atoms with E-state index in [1.54, 1.807) is 6.20 Å². The third kappa shape index (κ3) is 2.90. The number of nitrogens with zero attached hydrogens (tertiary/aromatic N) is 2. The largest absolute Gasteiger partial charge is 0.352 e. The predicted octanol–water partition coefficient (Wildman–Crippen LogP) is 1.07. The molecule has 3 N–H and O–H groups in total. The number of amides is 1. The summed E-state index contributed by atoms with van der Waals surface area (Å²) < 4.78 is 1.85. The quantitative estimate of drug-likeness (QED) is 0.793. The van der Waals surface area contributed by atoms with E-state index in [9.17, 15) is 4.79 Å². The highest BCUT2D eigenvalue weighted by atomic mass is 16.1. The summed E-state index contributed by atoms with van der Waals surface area (Å²) in [6.07, 6.45) is 6.33. The van der Waals surface area contributed by atoms with E-state index < -0.39 is 0 Å². The Morgan fingerprint density at radius 2 is 2.39 bits per heavy atom. The molecule has 0 aromatic carbocycles. The molecular weight excluding hydrogens is 228 g/mol. The van der Waals surface area contributed by atoms with Gasteiger partial charge in [0.2, 0.25) is 0 Å². The zero-order valence-electron chi connectivity index (χ0n) is 11.0. The summed E-state index contributed by atoms with van der Waals surface area (Å²) in [7, 11) is 0. The van der Waals surface area contributed by atoms with E-state index in [0.29, 0.717) is 18.0 Å². The molecule has 1 heterocycles. The minimum atomic E-state index is -0.00148. The van der Waals surface area contributed by atoms with Gasteiger partial charge in [0.1, 0.15) is 0 Å². The fraction of sp³-hybridized carbons (Fsp3) is 0.692. The number of carbonyl (C=O) groups excluding carboxylic acids is 1. The van der Waals surface area contributed by atoms with Crippen LogP contribution in [-0.2, 0) is 6.54 Å². The number of nitrogens with one attached hydrogen (secondary N) is 1. The lowest BCUT2D eigenvalue weighted by atomic mass is 9.85. The van der Waals surface area contributed by atoms with Gasteiger partial charge >= 0.3 is 0 Å². The molecule has 0 atom stereocenters. The van der Waals surface area contributed by atoms with Crippen LogP contribution in [0.1, 0.15) is 41.7 Å². The Balaban J connectivity index is 1.90. The molecule has 0 bridgehead atoms. The van der Waals surface area contributed by atoms with Gasteiger partial charge in [0.25, 0.3) is 5.91 Å². The van der Waals surface area contributed by atoms with Crippen molar-refractivity contribution in [2.45, 2.75) is 39.2 Å². The highest BCUT2D eigenvalue weighted by molar-refractivity contribution is 5.95. The molecule has 5 heteroatoms. The van der Waals surface area contributed by atoms with Gasteiger partial charge in [-0.05, 0) is 38.6 Å². The zero-order chi connectivity index (χ0) is 13.0. The third-order valence-corrected chi connectivity index (χ3v) is 3.70. The normalized spacial score (nSPS) is 15.4. The van der Waals surface area contributed by atoms with E-state index in [2.05, 4.69) is 10.4 Å². The van der Waals surface area contributed by atoms with Crippen LogP contribution in [0.25, 0.3) is 0 Å². The fourth-order valence-corrected chi connectivity index (χ4v) is 2.17. The Kier molecular flexibility index (Phi) is 4.36. The number of hydrogen-bond acceptors (Lipinski definition) is 3. The molecule has 0 saturated heterocycles. The van der Waals surface area contributed by atoms with Gasteiger partial charge in [0.05, 0.1) is 11.8 Å². The average Bonchev–Trinajstić information content (AvgIpc) is 2.66. The van der Waals surface area contributed by atoms with Crippen molar-refractivity contribution < 1.29 is 4.79 Å². The summed E-state index contributed by atoms with van der Waals surface area (Å²) >= 11 is 0. The number of aromatic nitrogens is 2. The summed E-state index contributed by atoms with van der Waals surface area (Å²) in [5.41, 5.74) is 7.09. The Bertz CT molecular complexity index is 409. The lowest BCUT2D eigenvalue weighted by molar-refractivity contribution is 0.0938. The van der Waals surface area contributed by atoms with Crippen LogP contribution in [-0.4, -0.2) is 28.8 Å². The smallest absolute Gasteiger partial charge is 0.254 e. The van der Waals surface area contributed by atoms with Crippen molar-refractivity contribution in [2.75, 3.05) is 13.1 Å². The first-order chi connectivity index (χ1) is 8.72. The van der Waals surface area contributed by atoms with Crippen molar-refractivity contribution in [3.8, 4) is 0 Å². The molecule has 1 aliphatic carbocycles. The molecule has 0 spiro atoms. The Morgan fingerprint density at radius 1 is 1.61 bits per heavy atom. The molecule has 1 amide bonds. The van der Waals surface area contributed by atoms with Crippen molar-refractivity contribution in [3.05, 3.63) is 17.5 Å². The minimum Gasteiger partial charge on any atom is -0.352 e. The maximum atomic E-state index is 12.0. The first kappa shape index (κ1) is 13.1. The lowest BCUT2D eigenvalue weighted by Crippen LogP contribution is -2.32. The van der Waals surface area contributed by atoms with E-state index in [0.717, 1.165) is 25.2 Å². The fourth-order valence-electron chi connectivity index (χ4n) is 2.17. The van der Waals surface area contributed by atoms with Crippen molar-refractivity contribution in [1.29, 1.82) is 0 Å². The maximum Gasteiger partial charge on any atom is 0.254 e. The molecule has 1 fully saturated rings. The van der Waals surface area contributed by atoms with Crippen molar-refractivity contribution in [1.82, 2.24) is 15.1 Å². The Labute approximate surface area is 108 Å². The zero-order valence-corrected chi connectivity index (χ0v) is 11.0. The first-order valence-electron chi connectivity index (χ1n) is 6.73. The predicted molar refractivity (Wildman–Crippen MR) is 70.3 cm³/mol. The Morgan fingerprint density at radius 3 is 3.00 bits per heavy atom. The third-order valence-electron chi connectivity index (χ3n) is 3.70. The highest BCUT2D eigenvalue weighted by Gasteiger charge is 2.19. The van der Waals surface area contributed by atoms with E-state index in [1.165, 1.54) is 19.3 Å². The lowest BCUT2D eigenvalue weighted by Gasteiger charge is -2.25. The number of aryl methyl sites for hydroxylation is 1. The topological polar surface area (TPSA) is 72.9 Å². The molecule has 0 radical (unpaired) electrons. The molecule has 1 aromatic heterocycles. The number of hydrogen-bond donors (Lipinski definition) is 2. The van der Waals surface area contributed by atoms with Crippen molar-refractivity contribution in [2.24, 2.45) is 11.7 Å². The van der Waals surface area contributed by atoms with E-state index in [-0.39, 0.29) is 5.91 Å². The summed E-state index contributed by atoms with van der Waals surface area (Å²) in [5, 5.41) is 7.23. The van der Waals surface area contributed by atoms with Crippen LogP contribution in [0, 0.1) is 12.8 Å². The van der Waals surface area contributed by atoms with Gasteiger partial charge in [-0.15, -0.1) is 0 Å². The highest BCUT2D eigenvalue weighted by Crippen LogP contribution is 2.25. The molecular formula is C13H22N4O. The number of carbonyl (C=O) groups is 1. The maximum absolute atomic E-state index is 12.0. The molecule has 18 heavy (non-hydrogen) atoms. The monoisotopic (exact) mass is 250 g/mol. The van der Waals surface area contributed by atoms with E-state index in [4.69, 9.17) is 5.73 Å². The van der Waals surface area contributed by atoms with Crippen LogP contribution in [0.2, 0.25) is 0 Å². The molecule has 0 aliphatic heterocycles. The van der Waals surface area contributed by atoms with Gasteiger partial charge in [-0.2, -0.15) is 5.10 Å². The van der Waals surface area contributed by atoms with Crippen LogP contribution in [0.15, 0.2) is 6.20 Å².